The van der Waals surface area contributed by atoms with Crippen molar-refractivity contribution in [2.45, 2.75) is 39.2 Å². The number of anilines is 1. The van der Waals surface area contributed by atoms with E-state index < -0.39 is 0 Å². The summed E-state index contributed by atoms with van der Waals surface area (Å²) >= 11 is 0. The molecule has 0 heterocycles. The minimum Gasteiger partial charge on any atom is -0.350 e. The summed E-state index contributed by atoms with van der Waals surface area (Å²) in [5, 5.41) is 5.99. The number of benzene rings is 2. The maximum Gasteiger partial charge on any atom is 0.251 e. The molecule has 0 saturated heterocycles. The van der Waals surface area contributed by atoms with E-state index in [0.29, 0.717) is 12.1 Å². The van der Waals surface area contributed by atoms with Gasteiger partial charge in [0.25, 0.3) is 5.91 Å². The van der Waals surface area contributed by atoms with Crippen LogP contribution in [0.4, 0.5) is 5.69 Å². The van der Waals surface area contributed by atoms with E-state index in [9.17, 15) is 9.59 Å². The van der Waals surface area contributed by atoms with Crippen LogP contribution in [0.25, 0.3) is 0 Å². The summed E-state index contributed by atoms with van der Waals surface area (Å²) < 4.78 is 0. The molecule has 1 unspecified atom stereocenters. The Bertz CT molecular complexity index is 797. The molecular formula is C24H31N3O2. The van der Waals surface area contributed by atoms with Gasteiger partial charge in [-0.1, -0.05) is 44.2 Å². The number of hydrogen-bond donors (Lipinski definition) is 2. The number of likely N-dealkylation sites (N-methyl/N-ethyl adjacent to an activating group) is 1. The molecule has 0 aliphatic heterocycles. The lowest BCUT2D eigenvalue weighted by molar-refractivity contribution is -0.117. The second kappa shape index (κ2) is 10.2. The van der Waals surface area contributed by atoms with Crippen molar-refractivity contribution in [3.63, 3.8) is 0 Å². The first-order valence-electron chi connectivity index (χ1n) is 10.6. The van der Waals surface area contributed by atoms with Gasteiger partial charge in [-0.15, -0.1) is 0 Å². The Morgan fingerprint density at radius 2 is 1.66 bits per heavy atom. The fourth-order valence-electron chi connectivity index (χ4n) is 3.56. The zero-order valence-corrected chi connectivity index (χ0v) is 17.4. The van der Waals surface area contributed by atoms with Crippen LogP contribution in [0.2, 0.25) is 0 Å². The molecule has 0 bridgehead atoms. The van der Waals surface area contributed by atoms with Crippen LogP contribution in [0, 0.1) is 5.92 Å². The first-order valence-corrected chi connectivity index (χ1v) is 10.6. The number of nitrogens with one attached hydrogen (secondary N) is 2. The summed E-state index contributed by atoms with van der Waals surface area (Å²) in [5.74, 6) is 0.153. The molecule has 0 spiro atoms. The van der Waals surface area contributed by atoms with Crippen molar-refractivity contribution in [3.8, 4) is 0 Å². The predicted octanol–water partition coefficient (Wildman–Crippen LogP) is 3.72. The lowest BCUT2D eigenvalue weighted by Gasteiger charge is -2.30. The highest BCUT2D eigenvalue weighted by Gasteiger charge is 2.29. The van der Waals surface area contributed by atoms with Crippen molar-refractivity contribution in [2.75, 3.05) is 25.0 Å². The number of rotatable bonds is 10. The predicted molar refractivity (Wildman–Crippen MR) is 117 cm³/mol. The van der Waals surface area contributed by atoms with Gasteiger partial charge < -0.3 is 10.6 Å². The Morgan fingerprint density at radius 1 is 1.00 bits per heavy atom. The van der Waals surface area contributed by atoms with E-state index in [-0.39, 0.29) is 23.8 Å². The molecule has 2 aromatic rings. The zero-order valence-electron chi connectivity index (χ0n) is 17.4. The fraction of sp³-hybridized carbons (Fsp3) is 0.417. The summed E-state index contributed by atoms with van der Waals surface area (Å²) in [7, 11) is 0. The van der Waals surface area contributed by atoms with Crippen LogP contribution in [0.1, 0.15) is 42.6 Å². The van der Waals surface area contributed by atoms with Crippen LogP contribution in [0.5, 0.6) is 0 Å². The van der Waals surface area contributed by atoms with Crippen molar-refractivity contribution in [1.82, 2.24) is 10.2 Å². The normalized spacial score (nSPS) is 14.4. The topological polar surface area (TPSA) is 61.4 Å². The Labute approximate surface area is 173 Å². The Morgan fingerprint density at radius 3 is 2.24 bits per heavy atom. The molecular weight excluding hydrogens is 362 g/mol. The molecule has 1 aliphatic rings. The van der Waals surface area contributed by atoms with Crippen LogP contribution in [0.3, 0.4) is 0 Å². The number of amides is 2. The zero-order chi connectivity index (χ0) is 20.6. The molecule has 0 aromatic heterocycles. The molecule has 2 aromatic carbocycles. The number of hydrogen-bond acceptors (Lipinski definition) is 3. The monoisotopic (exact) mass is 393 g/mol. The van der Waals surface area contributed by atoms with Crippen LogP contribution in [-0.4, -0.2) is 42.4 Å². The van der Waals surface area contributed by atoms with Crippen molar-refractivity contribution in [1.29, 1.82) is 0 Å². The van der Waals surface area contributed by atoms with Crippen LogP contribution >= 0.6 is 0 Å². The highest BCUT2D eigenvalue weighted by atomic mass is 16.2. The highest BCUT2D eigenvalue weighted by molar-refractivity contribution is 5.96. The lowest BCUT2D eigenvalue weighted by atomic mass is 10.0. The van der Waals surface area contributed by atoms with E-state index >= 15 is 0 Å². The molecule has 1 atom stereocenters. The summed E-state index contributed by atoms with van der Waals surface area (Å²) in [6, 6.07) is 17.8. The van der Waals surface area contributed by atoms with Gasteiger partial charge in [-0.2, -0.15) is 0 Å². The molecule has 29 heavy (non-hydrogen) atoms. The van der Waals surface area contributed by atoms with Gasteiger partial charge in [0.05, 0.1) is 0 Å². The van der Waals surface area contributed by atoms with Gasteiger partial charge in [0.2, 0.25) is 5.91 Å². The molecule has 3 rings (SSSR count). The first kappa shape index (κ1) is 21.1. The third kappa shape index (κ3) is 6.16. The molecule has 1 fully saturated rings. The molecule has 1 saturated carbocycles. The Balaban J connectivity index is 1.57. The van der Waals surface area contributed by atoms with Gasteiger partial charge in [0.15, 0.2) is 0 Å². The molecule has 154 valence electrons. The van der Waals surface area contributed by atoms with E-state index in [1.807, 2.05) is 6.07 Å². The van der Waals surface area contributed by atoms with Gasteiger partial charge in [-0.05, 0) is 62.2 Å². The minimum atomic E-state index is -0.0877. The van der Waals surface area contributed by atoms with Crippen LogP contribution < -0.4 is 10.6 Å². The SMILES string of the molecule is CCN(CC)C(CNC(=O)c1ccc(NC(=O)C2CC2)cc1)Cc1ccccc1. The maximum atomic E-state index is 12.6. The van der Waals surface area contributed by atoms with Gasteiger partial charge in [0, 0.05) is 29.8 Å². The molecule has 2 N–H and O–H groups in total. The molecule has 5 nitrogen and oxygen atoms in total. The number of carbonyl (C=O) groups excluding carboxylic acids is 2. The summed E-state index contributed by atoms with van der Waals surface area (Å²) in [5.41, 5.74) is 2.62. The average Bonchev–Trinajstić information content (AvgIpc) is 3.59. The summed E-state index contributed by atoms with van der Waals surface area (Å²) in [4.78, 5) is 26.9. The number of carbonyl (C=O) groups is 2. The highest BCUT2D eigenvalue weighted by Crippen LogP contribution is 2.30. The van der Waals surface area contributed by atoms with Crippen molar-refractivity contribution >= 4 is 17.5 Å². The molecule has 0 radical (unpaired) electrons. The summed E-state index contributed by atoms with van der Waals surface area (Å²) in [6.07, 6.45) is 2.85. The first-order chi connectivity index (χ1) is 14.1. The average molecular weight is 394 g/mol. The maximum absolute atomic E-state index is 12.6. The molecule has 2 amide bonds. The van der Waals surface area contributed by atoms with Gasteiger partial charge in [-0.25, -0.2) is 0 Å². The Hall–Kier alpha value is -2.66. The van der Waals surface area contributed by atoms with Gasteiger partial charge in [-0.3, -0.25) is 14.5 Å². The largest absolute Gasteiger partial charge is 0.350 e. The standard InChI is InChI=1S/C24H31N3O2/c1-3-27(4-2)22(16-18-8-6-5-7-9-18)17-25-23(28)19-12-14-21(15-13-19)26-24(29)20-10-11-20/h5-9,12-15,20,22H,3-4,10-11,16-17H2,1-2H3,(H,25,28)(H,26,29). The molecule has 1 aliphatic carbocycles. The van der Waals surface area contributed by atoms with Gasteiger partial charge >= 0.3 is 0 Å². The fourth-order valence-corrected chi connectivity index (χ4v) is 3.56. The van der Waals surface area contributed by atoms with E-state index in [0.717, 1.165) is 38.0 Å². The quantitative estimate of drug-likeness (QED) is 0.647. The second-order valence-corrected chi connectivity index (χ2v) is 7.62. The third-order valence-corrected chi connectivity index (χ3v) is 5.50. The van der Waals surface area contributed by atoms with E-state index in [4.69, 9.17) is 0 Å². The van der Waals surface area contributed by atoms with Crippen LogP contribution in [0.15, 0.2) is 54.6 Å². The van der Waals surface area contributed by atoms with Gasteiger partial charge in [0.1, 0.15) is 0 Å². The third-order valence-electron chi connectivity index (χ3n) is 5.50. The second-order valence-electron chi connectivity index (χ2n) is 7.62. The van der Waals surface area contributed by atoms with Crippen molar-refractivity contribution < 1.29 is 9.59 Å². The van der Waals surface area contributed by atoms with Crippen molar-refractivity contribution in [2.24, 2.45) is 5.92 Å². The van der Waals surface area contributed by atoms with E-state index in [1.54, 1.807) is 24.3 Å². The number of nitrogens with zero attached hydrogens (tertiary/aromatic N) is 1. The van der Waals surface area contributed by atoms with E-state index in [2.05, 4.69) is 53.6 Å². The van der Waals surface area contributed by atoms with Crippen molar-refractivity contribution in [3.05, 3.63) is 65.7 Å². The van der Waals surface area contributed by atoms with Crippen LogP contribution in [-0.2, 0) is 11.2 Å². The molecule has 5 heteroatoms. The summed E-state index contributed by atoms with van der Waals surface area (Å²) in [6.45, 7) is 6.78. The van der Waals surface area contributed by atoms with E-state index in [1.165, 1.54) is 5.56 Å². The smallest absolute Gasteiger partial charge is 0.251 e. The Kier molecular flexibility index (Phi) is 7.42. The lowest BCUT2D eigenvalue weighted by Crippen LogP contribution is -2.45. The minimum absolute atomic E-state index is 0.0742.